The number of piperidine rings is 1. The molecule has 1 aliphatic rings. The van der Waals surface area contributed by atoms with Crippen molar-refractivity contribution in [1.82, 2.24) is 25.3 Å². The van der Waals surface area contributed by atoms with Crippen LogP contribution in [0.5, 0.6) is 0 Å². The number of anilines is 1. The average Bonchev–Trinajstić information content (AvgIpc) is 3.54. The quantitative estimate of drug-likeness (QED) is 0.363. The molecule has 3 atom stereocenters. The molecule has 1 fully saturated rings. The van der Waals surface area contributed by atoms with Gasteiger partial charge in [-0.3, -0.25) is 9.59 Å². The third-order valence-electron chi connectivity index (χ3n) is 6.85. The zero-order valence-corrected chi connectivity index (χ0v) is 22.1. The monoisotopic (exact) mass is 528 g/mol. The Labute approximate surface area is 220 Å². The summed E-state index contributed by atoms with van der Waals surface area (Å²) in [5.41, 5.74) is 1.38. The third kappa shape index (κ3) is 6.38. The molecule has 1 saturated heterocycles. The fourth-order valence-electron chi connectivity index (χ4n) is 4.58. The fraction of sp³-hybridized carbons (Fsp3) is 0.481. The van der Waals surface area contributed by atoms with E-state index in [1.54, 1.807) is 19.2 Å². The Balaban J connectivity index is 1.49. The van der Waals surface area contributed by atoms with Crippen molar-refractivity contribution in [2.45, 2.75) is 77.4 Å². The van der Waals surface area contributed by atoms with Crippen LogP contribution < -0.4 is 10.6 Å². The summed E-state index contributed by atoms with van der Waals surface area (Å²) >= 11 is 0. The SMILES string of the molecule is CC(C)c1noc(N[C@@H](CC(=O)N2CCCC[C@@H]2C)C(=O)N[C@@H](C)c2cc(-c3ccc(F)cc3F)c[nH]2)n1. The molecule has 3 N–H and O–H groups in total. The molecule has 0 radical (unpaired) electrons. The molecule has 9 nitrogen and oxygen atoms in total. The van der Waals surface area contributed by atoms with E-state index in [1.165, 1.54) is 12.1 Å². The number of nitrogens with one attached hydrogen (secondary N) is 3. The molecule has 11 heteroatoms. The van der Waals surface area contributed by atoms with Gasteiger partial charge in [0.25, 0.3) is 0 Å². The molecular weight excluding hydrogens is 494 g/mol. The van der Waals surface area contributed by atoms with Crippen LogP contribution in [0.4, 0.5) is 14.8 Å². The van der Waals surface area contributed by atoms with Crippen molar-refractivity contribution >= 4 is 17.8 Å². The number of carbonyl (C=O) groups excluding carboxylic acids is 2. The van der Waals surface area contributed by atoms with Gasteiger partial charge < -0.3 is 25.0 Å². The van der Waals surface area contributed by atoms with Crippen molar-refractivity contribution in [2.75, 3.05) is 11.9 Å². The Bertz CT molecular complexity index is 1270. The van der Waals surface area contributed by atoms with Gasteiger partial charge in [-0.15, -0.1) is 0 Å². The second-order valence-corrected chi connectivity index (χ2v) is 10.1. The maximum atomic E-state index is 14.2. The van der Waals surface area contributed by atoms with Gasteiger partial charge in [-0.1, -0.05) is 19.0 Å². The highest BCUT2D eigenvalue weighted by molar-refractivity contribution is 5.90. The summed E-state index contributed by atoms with van der Waals surface area (Å²) in [6.07, 6.45) is 4.45. The maximum Gasteiger partial charge on any atom is 0.322 e. The van der Waals surface area contributed by atoms with Gasteiger partial charge in [0.1, 0.15) is 17.7 Å². The van der Waals surface area contributed by atoms with E-state index in [4.69, 9.17) is 4.52 Å². The number of H-pyrrole nitrogens is 1. The van der Waals surface area contributed by atoms with E-state index in [0.717, 1.165) is 25.3 Å². The molecule has 0 unspecified atom stereocenters. The van der Waals surface area contributed by atoms with Gasteiger partial charge in [0, 0.05) is 47.6 Å². The van der Waals surface area contributed by atoms with Gasteiger partial charge in [-0.2, -0.15) is 4.98 Å². The van der Waals surface area contributed by atoms with Crippen LogP contribution in [0.3, 0.4) is 0 Å². The predicted octanol–water partition coefficient (Wildman–Crippen LogP) is 4.92. The number of likely N-dealkylation sites (tertiary alicyclic amines) is 1. The predicted molar refractivity (Wildman–Crippen MR) is 138 cm³/mol. The summed E-state index contributed by atoms with van der Waals surface area (Å²) in [5.74, 6) is -1.37. The van der Waals surface area contributed by atoms with E-state index in [-0.39, 0.29) is 35.9 Å². The topological polar surface area (TPSA) is 116 Å². The zero-order valence-electron chi connectivity index (χ0n) is 22.1. The number of carbonyl (C=O) groups is 2. The van der Waals surface area contributed by atoms with Crippen LogP contribution in [0.15, 0.2) is 35.0 Å². The number of benzene rings is 1. The van der Waals surface area contributed by atoms with Crippen LogP contribution in [0.2, 0.25) is 0 Å². The molecule has 2 amide bonds. The highest BCUT2D eigenvalue weighted by Crippen LogP contribution is 2.26. The summed E-state index contributed by atoms with van der Waals surface area (Å²) in [6.45, 7) is 8.29. The lowest BCUT2D eigenvalue weighted by molar-refractivity contribution is -0.137. The highest BCUT2D eigenvalue weighted by Gasteiger charge is 2.30. The first-order chi connectivity index (χ1) is 18.1. The first-order valence-electron chi connectivity index (χ1n) is 13.0. The minimum Gasteiger partial charge on any atom is -0.363 e. The molecule has 38 heavy (non-hydrogen) atoms. The molecule has 1 aromatic carbocycles. The van der Waals surface area contributed by atoms with Gasteiger partial charge in [0.2, 0.25) is 11.8 Å². The molecule has 3 heterocycles. The summed E-state index contributed by atoms with van der Waals surface area (Å²) in [6, 6.07) is 3.79. The summed E-state index contributed by atoms with van der Waals surface area (Å²) in [7, 11) is 0. The standard InChI is InChI=1S/C27H34F2N6O3/c1-15(2)25-33-27(38-34-25)32-23(13-24(36)35-10-6-5-7-16(35)3)26(37)31-17(4)22-11-18(14-30-22)20-9-8-19(28)12-21(20)29/h8-9,11-12,14-17,23,30H,5-7,10,13H2,1-4H3,(H,31,37)(H,32,33,34)/t16-,17-,23-/m0/s1. The number of aromatic amines is 1. The van der Waals surface area contributed by atoms with E-state index in [9.17, 15) is 18.4 Å². The summed E-state index contributed by atoms with van der Waals surface area (Å²) < 4.78 is 32.8. The second-order valence-electron chi connectivity index (χ2n) is 10.1. The Morgan fingerprint density at radius 2 is 2.00 bits per heavy atom. The Morgan fingerprint density at radius 3 is 2.68 bits per heavy atom. The molecule has 3 aromatic rings. The Morgan fingerprint density at radius 1 is 1.21 bits per heavy atom. The van der Waals surface area contributed by atoms with Crippen LogP contribution in [0, 0.1) is 11.6 Å². The number of halogens is 2. The minimum atomic E-state index is -0.955. The molecule has 0 aliphatic carbocycles. The highest BCUT2D eigenvalue weighted by atomic mass is 19.1. The van der Waals surface area contributed by atoms with Crippen molar-refractivity contribution in [3.63, 3.8) is 0 Å². The number of hydrogen-bond acceptors (Lipinski definition) is 6. The van der Waals surface area contributed by atoms with E-state index in [0.29, 0.717) is 23.6 Å². The van der Waals surface area contributed by atoms with Crippen molar-refractivity contribution in [3.8, 4) is 11.1 Å². The Kier molecular flexibility index (Phi) is 8.43. The van der Waals surface area contributed by atoms with Gasteiger partial charge in [0.05, 0.1) is 12.5 Å². The summed E-state index contributed by atoms with van der Waals surface area (Å²) in [4.78, 5) is 35.7. The van der Waals surface area contributed by atoms with Crippen LogP contribution in [0.1, 0.15) is 76.9 Å². The Hall–Kier alpha value is -3.76. The van der Waals surface area contributed by atoms with Crippen molar-refractivity contribution in [1.29, 1.82) is 0 Å². The smallest absolute Gasteiger partial charge is 0.322 e. The van der Waals surface area contributed by atoms with Gasteiger partial charge >= 0.3 is 6.01 Å². The molecule has 2 aromatic heterocycles. The van der Waals surface area contributed by atoms with E-state index in [1.807, 2.05) is 25.7 Å². The zero-order chi connectivity index (χ0) is 27.4. The van der Waals surface area contributed by atoms with Crippen LogP contribution >= 0.6 is 0 Å². The lowest BCUT2D eigenvalue weighted by Crippen LogP contribution is -2.47. The maximum absolute atomic E-state index is 14.2. The third-order valence-corrected chi connectivity index (χ3v) is 6.85. The van der Waals surface area contributed by atoms with Crippen LogP contribution in [-0.4, -0.2) is 50.5 Å². The van der Waals surface area contributed by atoms with Gasteiger partial charge in [-0.25, -0.2) is 8.78 Å². The fourth-order valence-corrected chi connectivity index (χ4v) is 4.58. The van der Waals surface area contributed by atoms with E-state index in [2.05, 4.69) is 25.8 Å². The number of aromatic nitrogens is 3. The normalized spacial score (nSPS) is 17.3. The molecule has 1 aliphatic heterocycles. The molecule has 0 bridgehead atoms. The number of hydrogen-bond donors (Lipinski definition) is 3. The molecule has 0 spiro atoms. The average molecular weight is 529 g/mol. The lowest BCUT2D eigenvalue weighted by Gasteiger charge is -2.34. The van der Waals surface area contributed by atoms with Crippen LogP contribution in [-0.2, 0) is 9.59 Å². The summed E-state index contributed by atoms with van der Waals surface area (Å²) in [5, 5.41) is 9.78. The van der Waals surface area contributed by atoms with Crippen molar-refractivity contribution in [3.05, 3.63) is 53.6 Å². The molecule has 4 rings (SSSR count). The van der Waals surface area contributed by atoms with Crippen molar-refractivity contribution < 1.29 is 22.9 Å². The minimum absolute atomic E-state index is 0.0328. The first kappa shape index (κ1) is 27.3. The molecule has 0 saturated carbocycles. The van der Waals surface area contributed by atoms with E-state index < -0.39 is 29.6 Å². The number of rotatable bonds is 9. The first-order valence-corrected chi connectivity index (χ1v) is 13.0. The molecule has 204 valence electrons. The second kappa shape index (κ2) is 11.7. The van der Waals surface area contributed by atoms with Crippen LogP contribution in [0.25, 0.3) is 11.1 Å². The number of amides is 2. The number of nitrogens with zero attached hydrogens (tertiary/aromatic N) is 3. The van der Waals surface area contributed by atoms with Gasteiger partial charge in [-0.05, 0) is 51.3 Å². The lowest BCUT2D eigenvalue weighted by atomic mass is 10.0. The van der Waals surface area contributed by atoms with E-state index >= 15 is 0 Å². The van der Waals surface area contributed by atoms with Crippen molar-refractivity contribution in [2.24, 2.45) is 0 Å². The van der Waals surface area contributed by atoms with Gasteiger partial charge in [0.15, 0.2) is 5.82 Å². The largest absolute Gasteiger partial charge is 0.363 e. The molecular formula is C27H34F2N6O3.